The Morgan fingerprint density at radius 1 is 1.20 bits per heavy atom. The number of hydrogen-bond acceptors (Lipinski definition) is 6. The number of nitro groups is 1. The summed E-state index contributed by atoms with van der Waals surface area (Å²) in [5.74, 6) is -0.822. The van der Waals surface area contributed by atoms with E-state index in [0.717, 1.165) is 11.6 Å². The number of rotatable bonds is 4. The third-order valence-corrected chi connectivity index (χ3v) is 3.79. The molecule has 1 aromatic heterocycles. The van der Waals surface area contributed by atoms with E-state index in [4.69, 9.17) is 16.3 Å². The molecule has 7 nitrogen and oxygen atoms in total. The van der Waals surface area contributed by atoms with Crippen LogP contribution in [0.5, 0.6) is 0 Å². The largest absolute Gasteiger partial charge is 0.455 e. The second-order valence-corrected chi connectivity index (χ2v) is 5.68. The number of halogens is 1. The molecule has 3 rings (SSSR count). The minimum absolute atomic E-state index is 0.137. The van der Waals surface area contributed by atoms with Crippen molar-refractivity contribution in [2.45, 2.75) is 13.5 Å². The molecule has 0 radical (unpaired) electrons. The minimum Gasteiger partial charge on any atom is -0.455 e. The van der Waals surface area contributed by atoms with E-state index in [2.05, 4.69) is 9.97 Å². The van der Waals surface area contributed by atoms with E-state index in [1.54, 1.807) is 13.0 Å². The molecule has 0 aliphatic heterocycles. The van der Waals surface area contributed by atoms with Crippen molar-refractivity contribution < 1.29 is 14.5 Å². The summed E-state index contributed by atoms with van der Waals surface area (Å²) >= 11 is 5.74. The number of esters is 1. The number of aryl methyl sites for hydroxylation is 1. The SMILES string of the molecule is Cc1nc2ccccc2nc1COC(=O)c1ccc(Cl)cc1[N+](=O)[O-]. The van der Waals surface area contributed by atoms with Crippen molar-refractivity contribution in [1.29, 1.82) is 0 Å². The van der Waals surface area contributed by atoms with Crippen molar-refractivity contribution in [2.75, 3.05) is 0 Å². The Labute approximate surface area is 147 Å². The summed E-state index contributed by atoms with van der Waals surface area (Å²) in [6, 6.07) is 11.1. The molecule has 25 heavy (non-hydrogen) atoms. The first-order valence-electron chi connectivity index (χ1n) is 7.29. The lowest BCUT2D eigenvalue weighted by Gasteiger charge is -2.08. The van der Waals surface area contributed by atoms with Crippen LogP contribution in [0.15, 0.2) is 42.5 Å². The van der Waals surface area contributed by atoms with Crippen LogP contribution in [0.3, 0.4) is 0 Å². The molecule has 8 heteroatoms. The van der Waals surface area contributed by atoms with Crippen molar-refractivity contribution >= 4 is 34.3 Å². The van der Waals surface area contributed by atoms with Crippen molar-refractivity contribution in [3.05, 3.63) is 74.6 Å². The van der Waals surface area contributed by atoms with E-state index in [0.29, 0.717) is 16.9 Å². The fourth-order valence-corrected chi connectivity index (χ4v) is 2.47. The van der Waals surface area contributed by atoms with Crippen LogP contribution in [0.4, 0.5) is 5.69 Å². The predicted molar refractivity (Wildman–Crippen MR) is 91.5 cm³/mol. The van der Waals surface area contributed by atoms with Gasteiger partial charge in [0.05, 0.1) is 27.3 Å². The van der Waals surface area contributed by atoms with E-state index in [-0.39, 0.29) is 17.2 Å². The third-order valence-electron chi connectivity index (χ3n) is 3.56. The monoisotopic (exact) mass is 357 g/mol. The van der Waals surface area contributed by atoms with Crippen molar-refractivity contribution in [1.82, 2.24) is 9.97 Å². The Hall–Kier alpha value is -3.06. The van der Waals surface area contributed by atoms with Gasteiger partial charge in [-0.1, -0.05) is 23.7 Å². The Morgan fingerprint density at radius 3 is 2.56 bits per heavy atom. The predicted octanol–water partition coefficient (Wildman–Crippen LogP) is 3.86. The van der Waals surface area contributed by atoms with Gasteiger partial charge >= 0.3 is 5.97 Å². The highest BCUT2D eigenvalue weighted by atomic mass is 35.5. The molecule has 126 valence electrons. The van der Waals surface area contributed by atoms with Crippen LogP contribution < -0.4 is 0 Å². The van der Waals surface area contributed by atoms with E-state index in [9.17, 15) is 14.9 Å². The third kappa shape index (κ3) is 3.56. The molecule has 0 unspecified atom stereocenters. The number of benzene rings is 2. The van der Waals surface area contributed by atoms with E-state index >= 15 is 0 Å². The number of hydrogen-bond donors (Lipinski definition) is 0. The number of para-hydroxylation sites is 2. The highest BCUT2D eigenvalue weighted by Crippen LogP contribution is 2.24. The van der Waals surface area contributed by atoms with Gasteiger partial charge in [0.2, 0.25) is 0 Å². The second-order valence-electron chi connectivity index (χ2n) is 5.24. The van der Waals surface area contributed by atoms with Crippen LogP contribution in [0, 0.1) is 17.0 Å². The second kappa shape index (κ2) is 6.82. The molecular formula is C17H12ClN3O4. The number of nitrogens with zero attached hydrogens (tertiary/aromatic N) is 3. The van der Waals surface area contributed by atoms with Gasteiger partial charge in [0.1, 0.15) is 12.2 Å². The maximum absolute atomic E-state index is 12.2. The van der Waals surface area contributed by atoms with E-state index in [1.807, 2.05) is 18.2 Å². The Kier molecular flexibility index (Phi) is 4.58. The van der Waals surface area contributed by atoms with Gasteiger partial charge in [-0.25, -0.2) is 14.8 Å². The summed E-state index contributed by atoms with van der Waals surface area (Å²) in [7, 11) is 0. The summed E-state index contributed by atoms with van der Waals surface area (Å²) in [6.07, 6.45) is 0. The smallest absolute Gasteiger partial charge is 0.345 e. The Balaban J connectivity index is 1.83. The molecule has 0 bridgehead atoms. The van der Waals surface area contributed by atoms with Crippen molar-refractivity contribution in [3.63, 3.8) is 0 Å². The Morgan fingerprint density at radius 2 is 1.88 bits per heavy atom. The molecule has 0 spiro atoms. The molecule has 0 saturated heterocycles. The highest BCUT2D eigenvalue weighted by molar-refractivity contribution is 6.31. The molecule has 3 aromatic rings. The van der Waals surface area contributed by atoms with E-state index < -0.39 is 16.6 Å². The zero-order valence-corrected chi connectivity index (χ0v) is 13.9. The van der Waals surface area contributed by atoms with Crippen LogP contribution in [-0.2, 0) is 11.3 Å². The van der Waals surface area contributed by atoms with Crippen LogP contribution in [0.2, 0.25) is 5.02 Å². The van der Waals surface area contributed by atoms with Crippen molar-refractivity contribution in [2.24, 2.45) is 0 Å². The number of ether oxygens (including phenoxy) is 1. The fourth-order valence-electron chi connectivity index (χ4n) is 2.30. The zero-order chi connectivity index (χ0) is 18.0. The molecule has 0 aliphatic rings. The molecule has 0 saturated carbocycles. The Bertz CT molecular complexity index is 991. The maximum atomic E-state index is 12.2. The number of carbonyl (C=O) groups excluding carboxylic acids is 1. The summed E-state index contributed by atoms with van der Waals surface area (Å²) in [4.78, 5) is 31.4. The quantitative estimate of drug-likeness (QED) is 0.399. The summed E-state index contributed by atoms with van der Waals surface area (Å²) < 4.78 is 5.19. The number of nitro benzene ring substituents is 1. The first kappa shape index (κ1) is 16.8. The molecule has 0 N–H and O–H groups in total. The lowest BCUT2D eigenvalue weighted by molar-refractivity contribution is -0.385. The van der Waals surface area contributed by atoms with Gasteiger partial charge in [0, 0.05) is 11.1 Å². The van der Waals surface area contributed by atoms with Gasteiger partial charge in [-0.3, -0.25) is 10.1 Å². The van der Waals surface area contributed by atoms with E-state index in [1.165, 1.54) is 12.1 Å². The molecule has 1 heterocycles. The van der Waals surface area contributed by atoms with Gasteiger partial charge in [0.15, 0.2) is 0 Å². The number of fused-ring (bicyclic) bond motifs is 1. The molecule has 0 aliphatic carbocycles. The van der Waals surface area contributed by atoms with Gasteiger partial charge < -0.3 is 4.74 Å². The standard InChI is InChI=1S/C17H12ClN3O4/c1-10-15(20-14-5-3-2-4-13(14)19-10)9-25-17(22)12-7-6-11(18)8-16(12)21(23)24/h2-8H,9H2,1H3. The normalized spacial score (nSPS) is 10.6. The van der Waals surface area contributed by atoms with Gasteiger partial charge in [0.25, 0.3) is 5.69 Å². The average Bonchev–Trinajstić information content (AvgIpc) is 2.59. The molecule has 0 fully saturated rings. The topological polar surface area (TPSA) is 95.2 Å². The lowest BCUT2D eigenvalue weighted by Crippen LogP contribution is -2.10. The van der Waals surface area contributed by atoms with Crippen LogP contribution >= 0.6 is 11.6 Å². The minimum atomic E-state index is -0.822. The highest BCUT2D eigenvalue weighted by Gasteiger charge is 2.22. The van der Waals surface area contributed by atoms with Gasteiger partial charge in [-0.05, 0) is 31.2 Å². The number of carbonyl (C=O) groups is 1. The van der Waals surface area contributed by atoms with Gasteiger partial charge in [-0.2, -0.15) is 0 Å². The van der Waals surface area contributed by atoms with Crippen molar-refractivity contribution in [3.8, 4) is 0 Å². The lowest BCUT2D eigenvalue weighted by atomic mass is 10.2. The number of aromatic nitrogens is 2. The molecular weight excluding hydrogens is 346 g/mol. The fraction of sp³-hybridized carbons (Fsp3) is 0.118. The zero-order valence-electron chi connectivity index (χ0n) is 13.1. The summed E-state index contributed by atoms with van der Waals surface area (Å²) in [5.41, 5.74) is 1.96. The molecule has 0 amide bonds. The van der Waals surface area contributed by atoms with Crippen LogP contribution in [0.1, 0.15) is 21.7 Å². The maximum Gasteiger partial charge on any atom is 0.345 e. The first-order chi connectivity index (χ1) is 12.0. The van der Waals surface area contributed by atoms with Crippen LogP contribution in [-0.4, -0.2) is 20.9 Å². The summed E-state index contributed by atoms with van der Waals surface area (Å²) in [6.45, 7) is 1.62. The summed E-state index contributed by atoms with van der Waals surface area (Å²) in [5, 5.41) is 11.2. The molecule has 0 atom stereocenters. The van der Waals surface area contributed by atoms with Crippen LogP contribution in [0.25, 0.3) is 11.0 Å². The van der Waals surface area contributed by atoms with Gasteiger partial charge in [-0.15, -0.1) is 0 Å². The first-order valence-corrected chi connectivity index (χ1v) is 7.67. The molecule has 2 aromatic carbocycles. The average molecular weight is 358 g/mol.